The summed E-state index contributed by atoms with van der Waals surface area (Å²) in [6.07, 6.45) is -4.42. The molecule has 0 saturated heterocycles. The first-order valence-electron chi connectivity index (χ1n) is 6.72. The number of rotatable bonds is 5. The third-order valence-electron chi connectivity index (χ3n) is 2.98. The van der Waals surface area contributed by atoms with Crippen LogP contribution in [0, 0.1) is 0 Å². The third-order valence-corrected chi connectivity index (χ3v) is 2.98. The van der Waals surface area contributed by atoms with E-state index < -0.39 is 17.6 Å². The van der Waals surface area contributed by atoms with E-state index in [2.05, 4.69) is 5.43 Å². The molecule has 0 aliphatic rings. The molecule has 0 saturated carbocycles. The Morgan fingerprint density at radius 3 is 2.22 bits per heavy atom. The van der Waals surface area contributed by atoms with Crippen molar-refractivity contribution in [3.05, 3.63) is 60.2 Å². The maximum atomic E-state index is 12.6. The normalized spacial score (nSPS) is 11.1. The second-order valence-electron chi connectivity index (χ2n) is 4.68. The molecule has 0 aliphatic carbocycles. The molecule has 2 aromatic rings. The summed E-state index contributed by atoms with van der Waals surface area (Å²) in [6.45, 7) is -0.207. The number of amides is 1. The van der Waals surface area contributed by atoms with Crippen LogP contribution in [-0.4, -0.2) is 19.6 Å². The van der Waals surface area contributed by atoms with Gasteiger partial charge in [0.1, 0.15) is 6.61 Å². The minimum Gasteiger partial charge on any atom is -0.375 e. The zero-order valence-electron chi connectivity index (χ0n) is 12.3. The van der Waals surface area contributed by atoms with Crippen molar-refractivity contribution in [3.63, 3.8) is 0 Å². The Morgan fingerprint density at radius 1 is 1.09 bits per heavy atom. The molecule has 0 radical (unpaired) electrons. The fourth-order valence-corrected chi connectivity index (χ4v) is 1.90. The zero-order chi connectivity index (χ0) is 16.9. The molecule has 1 N–H and O–H groups in total. The minimum atomic E-state index is -4.42. The van der Waals surface area contributed by atoms with E-state index in [1.807, 2.05) is 6.07 Å². The molecule has 122 valence electrons. The van der Waals surface area contributed by atoms with Crippen molar-refractivity contribution in [1.29, 1.82) is 0 Å². The van der Waals surface area contributed by atoms with Gasteiger partial charge in [0, 0.05) is 7.11 Å². The Kier molecular flexibility index (Phi) is 5.23. The largest absolute Gasteiger partial charge is 0.416 e. The van der Waals surface area contributed by atoms with Gasteiger partial charge in [0.2, 0.25) is 0 Å². The molecule has 0 fully saturated rings. The van der Waals surface area contributed by atoms with E-state index >= 15 is 0 Å². The van der Waals surface area contributed by atoms with E-state index in [0.717, 1.165) is 17.1 Å². The van der Waals surface area contributed by atoms with Gasteiger partial charge >= 0.3 is 6.18 Å². The number of nitrogens with one attached hydrogen (secondary N) is 1. The third kappa shape index (κ3) is 4.46. The summed E-state index contributed by atoms with van der Waals surface area (Å²) in [5.74, 6) is -0.434. The number of para-hydroxylation sites is 1. The van der Waals surface area contributed by atoms with Crippen LogP contribution in [0.3, 0.4) is 0 Å². The second kappa shape index (κ2) is 7.15. The lowest BCUT2D eigenvalue weighted by molar-refractivity contribution is -0.137. The number of nitrogens with zero attached hydrogens (tertiary/aromatic N) is 1. The lowest BCUT2D eigenvalue weighted by Crippen LogP contribution is -2.38. The number of alkyl halides is 3. The molecule has 0 heterocycles. The number of methoxy groups -OCH3 is 1. The first kappa shape index (κ1) is 16.8. The number of halogens is 3. The average Bonchev–Trinajstić information content (AvgIpc) is 2.53. The molecule has 0 bridgehead atoms. The quantitative estimate of drug-likeness (QED) is 0.853. The number of benzene rings is 2. The number of hydrogen-bond acceptors (Lipinski definition) is 3. The van der Waals surface area contributed by atoms with Crippen molar-refractivity contribution in [2.24, 2.45) is 0 Å². The van der Waals surface area contributed by atoms with Gasteiger partial charge < -0.3 is 4.74 Å². The van der Waals surface area contributed by atoms with Crippen molar-refractivity contribution in [3.8, 4) is 0 Å². The second-order valence-corrected chi connectivity index (χ2v) is 4.68. The van der Waals surface area contributed by atoms with Crippen LogP contribution in [0.2, 0.25) is 0 Å². The molecule has 23 heavy (non-hydrogen) atoms. The van der Waals surface area contributed by atoms with Gasteiger partial charge in [0.05, 0.1) is 16.9 Å². The van der Waals surface area contributed by atoms with Gasteiger partial charge in [-0.1, -0.05) is 18.2 Å². The number of ether oxygens (including phenoxy) is 1. The van der Waals surface area contributed by atoms with Crippen LogP contribution < -0.4 is 10.4 Å². The van der Waals surface area contributed by atoms with E-state index in [9.17, 15) is 18.0 Å². The van der Waals surface area contributed by atoms with Crippen molar-refractivity contribution in [2.75, 3.05) is 24.2 Å². The average molecular weight is 324 g/mol. The highest BCUT2D eigenvalue weighted by atomic mass is 19.4. The molecular weight excluding hydrogens is 309 g/mol. The molecule has 2 aromatic carbocycles. The van der Waals surface area contributed by atoms with Crippen LogP contribution in [0.15, 0.2) is 54.6 Å². The van der Waals surface area contributed by atoms with Crippen LogP contribution >= 0.6 is 0 Å². The van der Waals surface area contributed by atoms with E-state index in [4.69, 9.17) is 4.74 Å². The molecule has 1 amide bonds. The van der Waals surface area contributed by atoms with Crippen molar-refractivity contribution >= 4 is 17.3 Å². The van der Waals surface area contributed by atoms with E-state index in [0.29, 0.717) is 5.69 Å². The lowest BCUT2D eigenvalue weighted by Gasteiger charge is -2.24. The Hall–Kier alpha value is -2.54. The highest BCUT2D eigenvalue weighted by molar-refractivity contribution is 5.96. The van der Waals surface area contributed by atoms with Gasteiger partial charge in [0.15, 0.2) is 0 Å². The Labute approximate surface area is 131 Å². The summed E-state index contributed by atoms with van der Waals surface area (Å²) in [7, 11) is 1.37. The van der Waals surface area contributed by atoms with Crippen LogP contribution in [0.1, 0.15) is 5.56 Å². The fraction of sp³-hybridized carbons (Fsp3) is 0.188. The fourth-order valence-electron chi connectivity index (χ4n) is 1.90. The summed E-state index contributed by atoms with van der Waals surface area (Å²) in [5.41, 5.74) is 2.99. The summed E-state index contributed by atoms with van der Waals surface area (Å²) < 4.78 is 42.7. The number of carbonyl (C=O) groups excluding carboxylic acids is 1. The van der Waals surface area contributed by atoms with Crippen molar-refractivity contribution in [1.82, 2.24) is 0 Å². The number of hydrazine groups is 1. The van der Waals surface area contributed by atoms with E-state index in [1.165, 1.54) is 19.2 Å². The van der Waals surface area contributed by atoms with Gasteiger partial charge in [-0.05, 0) is 36.4 Å². The predicted octanol–water partition coefficient (Wildman–Crippen LogP) is 3.71. The van der Waals surface area contributed by atoms with Crippen LogP contribution in [0.4, 0.5) is 24.5 Å². The smallest absolute Gasteiger partial charge is 0.375 e. The monoisotopic (exact) mass is 324 g/mol. The first-order valence-corrected chi connectivity index (χ1v) is 6.72. The van der Waals surface area contributed by atoms with Crippen LogP contribution in [-0.2, 0) is 15.7 Å². The maximum absolute atomic E-state index is 12.6. The van der Waals surface area contributed by atoms with Crippen molar-refractivity contribution < 1.29 is 22.7 Å². The van der Waals surface area contributed by atoms with Crippen LogP contribution in [0.25, 0.3) is 0 Å². The highest BCUT2D eigenvalue weighted by Gasteiger charge is 2.30. The number of hydrogen-bond donors (Lipinski definition) is 1. The Bertz CT molecular complexity index is 643. The molecule has 4 nitrogen and oxygen atoms in total. The van der Waals surface area contributed by atoms with Crippen molar-refractivity contribution in [2.45, 2.75) is 6.18 Å². The molecule has 0 spiro atoms. The van der Waals surface area contributed by atoms with Gasteiger partial charge in [0.25, 0.3) is 5.91 Å². The summed E-state index contributed by atoms with van der Waals surface area (Å²) in [4.78, 5) is 12.1. The molecule has 2 rings (SSSR count). The SMILES string of the molecule is COCC(=O)N(Nc1ccccc1)c1ccc(C(F)(F)F)cc1. The Morgan fingerprint density at radius 2 is 1.70 bits per heavy atom. The maximum Gasteiger partial charge on any atom is 0.416 e. The molecular formula is C16H15F3N2O2. The van der Waals surface area contributed by atoms with Gasteiger partial charge in [-0.25, -0.2) is 5.01 Å². The summed E-state index contributed by atoms with van der Waals surface area (Å²) >= 11 is 0. The minimum absolute atomic E-state index is 0.207. The zero-order valence-corrected chi connectivity index (χ0v) is 12.3. The molecule has 0 aromatic heterocycles. The van der Waals surface area contributed by atoms with E-state index in [-0.39, 0.29) is 12.3 Å². The molecule has 0 aliphatic heterocycles. The van der Waals surface area contributed by atoms with Gasteiger partial charge in [-0.2, -0.15) is 13.2 Å². The molecule has 0 unspecified atom stereocenters. The number of anilines is 2. The number of carbonyl (C=O) groups is 1. The summed E-state index contributed by atoms with van der Waals surface area (Å²) in [5, 5.41) is 1.15. The molecule has 0 atom stereocenters. The first-order chi connectivity index (χ1) is 10.9. The summed E-state index contributed by atoms with van der Waals surface area (Å²) in [6, 6.07) is 13.1. The van der Waals surface area contributed by atoms with Gasteiger partial charge in [-0.3, -0.25) is 10.2 Å². The standard InChI is InChI=1S/C16H15F3N2O2/c1-23-11-15(22)21(20-13-5-3-2-4-6-13)14-9-7-12(8-10-14)16(17,18)19/h2-10,20H,11H2,1H3. The molecule has 7 heteroatoms. The predicted molar refractivity (Wildman–Crippen MR) is 80.9 cm³/mol. The Balaban J connectivity index is 2.28. The van der Waals surface area contributed by atoms with Gasteiger partial charge in [-0.15, -0.1) is 0 Å². The lowest BCUT2D eigenvalue weighted by atomic mass is 10.2. The van der Waals surface area contributed by atoms with Crippen LogP contribution in [0.5, 0.6) is 0 Å². The van der Waals surface area contributed by atoms with E-state index in [1.54, 1.807) is 24.3 Å². The highest BCUT2D eigenvalue weighted by Crippen LogP contribution is 2.30. The topological polar surface area (TPSA) is 41.6 Å².